The summed E-state index contributed by atoms with van der Waals surface area (Å²) in [4.78, 5) is 23.8. The molecule has 0 N–H and O–H groups in total. The van der Waals surface area contributed by atoms with Gasteiger partial charge in [0.2, 0.25) is 0 Å². The van der Waals surface area contributed by atoms with Gasteiger partial charge in [0.1, 0.15) is 0 Å². The van der Waals surface area contributed by atoms with E-state index in [1.54, 1.807) is 0 Å². The number of cyclic esters (lactones) is 2. The van der Waals surface area contributed by atoms with Crippen molar-refractivity contribution < 1.29 is 14.3 Å². The lowest BCUT2D eigenvalue weighted by molar-refractivity contribution is -0.155. The zero-order valence-corrected chi connectivity index (χ0v) is 12.0. The molecule has 1 rings (SSSR count). The van der Waals surface area contributed by atoms with Crippen LogP contribution in [-0.4, -0.2) is 11.9 Å². The number of hydrogen-bond acceptors (Lipinski definition) is 3. The molecule has 0 aromatic heterocycles. The Bertz CT molecular complexity index is 334. The standard InChI is InChI=1S/C14H24O3/c1-8(2)14(6,7)10-9(13(3,4)5)11(15)17-12(10)16/h8-10H,1-7H3. The Balaban J connectivity index is 3.20. The van der Waals surface area contributed by atoms with Crippen molar-refractivity contribution in [1.82, 2.24) is 0 Å². The summed E-state index contributed by atoms with van der Waals surface area (Å²) in [5.41, 5.74) is -0.485. The first kappa shape index (κ1) is 14.2. The van der Waals surface area contributed by atoms with Crippen LogP contribution in [-0.2, 0) is 14.3 Å². The normalized spacial score (nSPS) is 26.6. The van der Waals surface area contributed by atoms with Gasteiger partial charge in [-0.15, -0.1) is 0 Å². The van der Waals surface area contributed by atoms with Gasteiger partial charge in [0.05, 0.1) is 11.8 Å². The van der Waals surface area contributed by atoms with Gasteiger partial charge in [0.25, 0.3) is 0 Å². The first-order chi connectivity index (χ1) is 7.49. The summed E-state index contributed by atoms with van der Waals surface area (Å²) in [6.07, 6.45) is 0. The van der Waals surface area contributed by atoms with Gasteiger partial charge in [0, 0.05) is 0 Å². The fraction of sp³-hybridized carbons (Fsp3) is 0.857. The minimum atomic E-state index is -0.360. The highest BCUT2D eigenvalue weighted by atomic mass is 16.6. The van der Waals surface area contributed by atoms with E-state index in [1.807, 2.05) is 34.6 Å². The Morgan fingerprint density at radius 2 is 1.35 bits per heavy atom. The predicted molar refractivity (Wildman–Crippen MR) is 66.2 cm³/mol. The Kier molecular flexibility index (Phi) is 3.43. The summed E-state index contributed by atoms with van der Waals surface area (Å²) >= 11 is 0. The summed E-state index contributed by atoms with van der Waals surface area (Å²) in [6.45, 7) is 14.2. The minimum absolute atomic E-state index is 0.235. The third kappa shape index (κ3) is 2.38. The molecule has 1 aliphatic rings. The highest BCUT2D eigenvalue weighted by molar-refractivity contribution is 5.97. The van der Waals surface area contributed by atoms with Crippen molar-refractivity contribution in [3.05, 3.63) is 0 Å². The first-order valence-corrected chi connectivity index (χ1v) is 6.25. The maximum Gasteiger partial charge on any atom is 0.318 e. The molecular formula is C14H24O3. The van der Waals surface area contributed by atoms with E-state index in [0.29, 0.717) is 5.92 Å². The lowest BCUT2D eigenvalue weighted by atomic mass is 9.61. The molecule has 3 nitrogen and oxygen atoms in total. The highest BCUT2D eigenvalue weighted by Gasteiger charge is 2.56. The zero-order valence-electron chi connectivity index (χ0n) is 12.0. The van der Waals surface area contributed by atoms with E-state index >= 15 is 0 Å². The zero-order chi connectivity index (χ0) is 13.6. The topological polar surface area (TPSA) is 43.4 Å². The molecule has 3 heteroatoms. The maximum atomic E-state index is 11.9. The van der Waals surface area contributed by atoms with Crippen molar-refractivity contribution in [1.29, 1.82) is 0 Å². The van der Waals surface area contributed by atoms with Crippen molar-refractivity contribution in [2.75, 3.05) is 0 Å². The third-order valence-corrected chi connectivity index (χ3v) is 4.26. The van der Waals surface area contributed by atoms with Crippen LogP contribution < -0.4 is 0 Å². The van der Waals surface area contributed by atoms with Crippen LogP contribution >= 0.6 is 0 Å². The molecule has 0 bridgehead atoms. The van der Waals surface area contributed by atoms with Gasteiger partial charge in [-0.2, -0.15) is 0 Å². The summed E-state index contributed by atoms with van der Waals surface area (Å²) in [7, 11) is 0. The molecule has 0 aliphatic carbocycles. The van der Waals surface area contributed by atoms with E-state index in [1.165, 1.54) is 0 Å². The summed E-state index contributed by atoms with van der Waals surface area (Å²) in [5, 5.41) is 0. The average Bonchev–Trinajstić information content (AvgIpc) is 2.39. The van der Waals surface area contributed by atoms with Gasteiger partial charge in [-0.3, -0.25) is 9.59 Å². The van der Waals surface area contributed by atoms with Crippen LogP contribution in [0.25, 0.3) is 0 Å². The van der Waals surface area contributed by atoms with Gasteiger partial charge >= 0.3 is 11.9 Å². The van der Waals surface area contributed by atoms with Gasteiger partial charge in [0.15, 0.2) is 0 Å². The molecule has 98 valence electrons. The molecular weight excluding hydrogens is 216 g/mol. The molecule has 1 fully saturated rings. The lowest BCUT2D eigenvalue weighted by Crippen LogP contribution is -2.41. The Morgan fingerprint density at radius 3 is 1.71 bits per heavy atom. The van der Waals surface area contributed by atoms with Gasteiger partial charge in [-0.1, -0.05) is 48.5 Å². The van der Waals surface area contributed by atoms with Gasteiger partial charge < -0.3 is 4.74 Å². The molecule has 2 atom stereocenters. The summed E-state index contributed by atoms with van der Waals surface area (Å²) in [6, 6.07) is 0. The van der Waals surface area contributed by atoms with Gasteiger partial charge in [-0.05, 0) is 16.7 Å². The van der Waals surface area contributed by atoms with E-state index in [4.69, 9.17) is 4.74 Å². The molecule has 0 saturated carbocycles. The largest absolute Gasteiger partial charge is 0.393 e. The molecule has 1 heterocycles. The summed E-state index contributed by atoms with van der Waals surface area (Å²) < 4.78 is 4.87. The minimum Gasteiger partial charge on any atom is -0.393 e. The van der Waals surface area contributed by atoms with E-state index in [2.05, 4.69) is 13.8 Å². The molecule has 0 radical (unpaired) electrons. The predicted octanol–water partition coefficient (Wildman–Crippen LogP) is 3.03. The van der Waals surface area contributed by atoms with Crippen LogP contribution in [0.3, 0.4) is 0 Å². The average molecular weight is 240 g/mol. The number of ether oxygens (including phenoxy) is 1. The number of carbonyl (C=O) groups is 2. The van der Waals surface area contributed by atoms with Crippen molar-refractivity contribution in [3.8, 4) is 0 Å². The number of hydrogen-bond donors (Lipinski definition) is 0. The molecule has 0 spiro atoms. The number of esters is 2. The maximum absolute atomic E-state index is 11.9. The van der Waals surface area contributed by atoms with Gasteiger partial charge in [-0.25, -0.2) is 0 Å². The van der Waals surface area contributed by atoms with Crippen LogP contribution in [0.4, 0.5) is 0 Å². The number of carbonyl (C=O) groups excluding carboxylic acids is 2. The van der Waals surface area contributed by atoms with E-state index in [9.17, 15) is 9.59 Å². The van der Waals surface area contributed by atoms with Crippen molar-refractivity contribution >= 4 is 11.9 Å². The van der Waals surface area contributed by atoms with Crippen LogP contribution in [0.2, 0.25) is 0 Å². The van der Waals surface area contributed by atoms with Crippen LogP contribution in [0.5, 0.6) is 0 Å². The fourth-order valence-corrected chi connectivity index (χ4v) is 2.44. The molecule has 17 heavy (non-hydrogen) atoms. The first-order valence-electron chi connectivity index (χ1n) is 6.25. The van der Waals surface area contributed by atoms with E-state index in [-0.39, 0.29) is 34.6 Å². The van der Waals surface area contributed by atoms with Crippen molar-refractivity contribution in [3.63, 3.8) is 0 Å². The Labute approximate surface area is 104 Å². The van der Waals surface area contributed by atoms with E-state index in [0.717, 1.165) is 0 Å². The Hall–Kier alpha value is -0.860. The highest BCUT2D eigenvalue weighted by Crippen LogP contribution is 2.49. The smallest absolute Gasteiger partial charge is 0.318 e. The second kappa shape index (κ2) is 4.11. The molecule has 0 aromatic rings. The molecule has 2 unspecified atom stereocenters. The summed E-state index contributed by atoms with van der Waals surface area (Å²) in [5.74, 6) is -1.08. The third-order valence-electron chi connectivity index (χ3n) is 4.26. The van der Waals surface area contributed by atoms with Crippen molar-refractivity contribution in [2.24, 2.45) is 28.6 Å². The fourth-order valence-electron chi connectivity index (χ4n) is 2.44. The SMILES string of the molecule is CC(C)C(C)(C)C1C(=O)OC(=O)C1C(C)(C)C. The van der Waals surface area contributed by atoms with Crippen LogP contribution in [0, 0.1) is 28.6 Å². The second-order valence-electron chi connectivity index (χ2n) is 7.04. The monoisotopic (exact) mass is 240 g/mol. The van der Waals surface area contributed by atoms with E-state index < -0.39 is 0 Å². The molecule has 1 aliphatic heterocycles. The van der Waals surface area contributed by atoms with Crippen molar-refractivity contribution in [2.45, 2.75) is 48.5 Å². The van der Waals surface area contributed by atoms with Crippen LogP contribution in [0.15, 0.2) is 0 Å². The lowest BCUT2D eigenvalue weighted by Gasteiger charge is -2.39. The van der Waals surface area contributed by atoms with Crippen LogP contribution in [0.1, 0.15) is 48.5 Å². The molecule has 1 saturated heterocycles. The number of rotatable bonds is 2. The molecule has 0 aromatic carbocycles. The quantitative estimate of drug-likeness (QED) is 0.550. The Morgan fingerprint density at radius 1 is 0.941 bits per heavy atom. The second-order valence-corrected chi connectivity index (χ2v) is 7.04. The molecule has 0 amide bonds.